The molecule has 2 aromatic rings. The van der Waals surface area contributed by atoms with E-state index in [4.69, 9.17) is 0 Å². The molecule has 120 valence electrons. The molecule has 1 heterocycles. The highest BCUT2D eigenvalue weighted by Gasteiger charge is 2.21. The lowest BCUT2D eigenvalue weighted by molar-refractivity contribution is -0.387. The summed E-state index contributed by atoms with van der Waals surface area (Å²) in [6, 6.07) is 17.4. The van der Waals surface area contributed by atoms with Crippen molar-refractivity contribution in [3.05, 3.63) is 70.3 Å². The van der Waals surface area contributed by atoms with Crippen molar-refractivity contribution in [2.45, 2.75) is 11.4 Å². The monoisotopic (exact) mass is 329 g/mol. The van der Waals surface area contributed by atoms with Gasteiger partial charge in [-0.25, -0.2) is 4.31 Å². The van der Waals surface area contributed by atoms with Gasteiger partial charge in [-0.3, -0.25) is 15.0 Å². The first-order valence-corrected chi connectivity index (χ1v) is 8.42. The number of nitro groups is 1. The average Bonchev–Trinajstić information content (AvgIpc) is 2.58. The highest BCUT2D eigenvalue weighted by Crippen LogP contribution is 2.31. The Morgan fingerprint density at radius 1 is 0.957 bits per heavy atom. The van der Waals surface area contributed by atoms with Gasteiger partial charge in [0.2, 0.25) is 0 Å². The fraction of sp³-hybridized carbons (Fsp3) is 0.294. The van der Waals surface area contributed by atoms with E-state index in [1.165, 1.54) is 17.5 Å². The fourth-order valence-electron chi connectivity index (χ4n) is 2.64. The van der Waals surface area contributed by atoms with Gasteiger partial charge >= 0.3 is 0 Å². The van der Waals surface area contributed by atoms with E-state index in [0.717, 1.165) is 32.7 Å². The lowest BCUT2D eigenvalue weighted by atomic mass is 10.2. The molecule has 23 heavy (non-hydrogen) atoms. The molecule has 0 saturated carbocycles. The summed E-state index contributed by atoms with van der Waals surface area (Å²) >= 11 is 1.49. The molecule has 0 N–H and O–H groups in total. The molecule has 0 spiro atoms. The fourth-order valence-corrected chi connectivity index (χ4v) is 3.64. The van der Waals surface area contributed by atoms with Gasteiger partial charge in [0, 0.05) is 38.8 Å². The Hall–Kier alpha value is -1.89. The largest absolute Gasteiger partial charge is 0.296 e. The minimum absolute atomic E-state index is 0.184. The molecule has 0 unspecified atom stereocenters. The van der Waals surface area contributed by atoms with E-state index in [1.807, 2.05) is 18.2 Å². The molecule has 0 atom stereocenters. The molecule has 2 aromatic carbocycles. The minimum Gasteiger partial charge on any atom is -0.296 e. The molecule has 1 aliphatic heterocycles. The number of hydrogen-bond acceptors (Lipinski definition) is 5. The predicted octanol–water partition coefficient (Wildman–Crippen LogP) is 3.42. The zero-order chi connectivity index (χ0) is 16.1. The Balaban J connectivity index is 1.54. The summed E-state index contributed by atoms with van der Waals surface area (Å²) < 4.78 is 2.21. The molecule has 0 amide bonds. The lowest BCUT2D eigenvalue weighted by Gasteiger charge is -2.33. The van der Waals surface area contributed by atoms with E-state index >= 15 is 0 Å². The van der Waals surface area contributed by atoms with E-state index in [0.29, 0.717) is 4.90 Å². The number of nitrogens with zero attached hydrogens (tertiary/aromatic N) is 3. The molecule has 3 rings (SSSR count). The van der Waals surface area contributed by atoms with Gasteiger partial charge in [-0.1, -0.05) is 42.5 Å². The van der Waals surface area contributed by atoms with E-state index in [-0.39, 0.29) is 10.6 Å². The molecule has 5 nitrogen and oxygen atoms in total. The zero-order valence-corrected chi connectivity index (χ0v) is 13.6. The van der Waals surface area contributed by atoms with Crippen LogP contribution in [-0.4, -0.2) is 40.3 Å². The summed E-state index contributed by atoms with van der Waals surface area (Å²) in [6.07, 6.45) is 0. The van der Waals surface area contributed by atoms with Crippen molar-refractivity contribution in [3.63, 3.8) is 0 Å². The van der Waals surface area contributed by atoms with Gasteiger partial charge in [-0.15, -0.1) is 0 Å². The van der Waals surface area contributed by atoms with Crippen LogP contribution < -0.4 is 0 Å². The van der Waals surface area contributed by atoms with E-state index in [1.54, 1.807) is 12.1 Å². The van der Waals surface area contributed by atoms with Crippen LogP contribution in [0.4, 0.5) is 5.69 Å². The summed E-state index contributed by atoms with van der Waals surface area (Å²) in [5, 5.41) is 11.1. The number of nitro benzene ring substituents is 1. The van der Waals surface area contributed by atoms with Gasteiger partial charge in [0.05, 0.1) is 4.92 Å². The molecular formula is C17H19N3O2S. The van der Waals surface area contributed by atoms with Crippen molar-refractivity contribution in [1.82, 2.24) is 9.21 Å². The third kappa shape index (κ3) is 4.31. The number of hydrogen-bond donors (Lipinski definition) is 0. The quantitative estimate of drug-likeness (QED) is 0.478. The smallest absolute Gasteiger partial charge is 0.284 e. The van der Waals surface area contributed by atoms with Crippen molar-refractivity contribution in [3.8, 4) is 0 Å². The number of piperazine rings is 1. The molecule has 0 bridgehead atoms. The Labute approximate surface area is 140 Å². The minimum atomic E-state index is -0.312. The number of rotatable bonds is 5. The van der Waals surface area contributed by atoms with E-state index in [9.17, 15) is 10.1 Å². The van der Waals surface area contributed by atoms with Crippen LogP contribution in [0.15, 0.2) is 59.5 Å². The van der Waals surface area contributed by atoms with Crippen LogP contribution in [0.2, 0.25) is 0 Å². The van der Waals surface area contributed by atoms with Crippen LogP contribution in [0.5, 0.6) is 0 Å². The summed E-state index contributed by atoms with van der Waals surface area (Å²) in [6.45, 7) is 4.73. The van der Waals surface area contributed by atoms with Crippen molar-refractivity contribution >= 4 is 17.6 Å². The molecule has 0 radical (unpaired) electrons. The lowest BCUT2D eigenvalue weighted by Crippen LogP contribution is -2.42. The van der Waals surface area contributed by atoms with Crippen LogP contribution in [0.1, 0.15) is 5.56 Å². The highest BCUT2D eigenvalue weighted by molar-refractivity contribution is 7.97. The molecule has 6 heteroatoms. The number of benzene rings is 2. The molecule has 1 aliphatic rings. The molecule has 0 aromatic heterocycles. The third-order valence-electron chi connectivity index (χ3n) is 3.87. The molecule has 1 fully saturated rings. The first kappa shape index (κ1) is 16.0. The van der Waals surface area contributed by atoms with Gasteiger partial charge in [0.1, 0.15) is 4.90 Å². The first-order chi connectivity index (χ1) is 11.2. The topological polar surface area (TPSA) is 49.6 Å². The maximum Gasteiger partial charge on any atom is 0.284 e. The van der Waals surface area contributed by atoms with Gasteiger partial charge in [0.15, 0.2) is 0 Å². The summed E-state index contributed by atoms with van der Waals surface area (Å²) in [4.78, 5) is 13.9. The van der Waals surface area contributed by atoms with Crippen LogP contribution in [0.3, 0.4) is 0 Å². The molecule has 1 saturated heterocycles. The van der Waals surface area contributed by atoms with Crippen LogP contribution in [-0.2, 0) is 6.54 Å². The molecule has 0 aliphatic carbocycles. The Morgan fingerprint density at radius 3 is 2.30 bits per heavy atom. The van der Waals surface area contributed by atoms with E-state index < -0.39 is 0 Å². The number of para-hydroxylation sites is 1. The van der Waals surface area contributed by atoms with Crippen LogP contribution >= 0.6 is 11.9 Å². The second-order valence-electron chi connectivity index (χ2n) is 5.51. The Morgan fingerprint density at radius 2 is 1.61 bits per heavy atom. The highest BCUT2D eigenvalue weighted by atomic mass is 32.2. The Bertz CT molecular complexity index is 658. The Kier molecular flexibility index (Phi) is 5.27. The summed E-state index contributed by atoms with van der Waals surface area (Å²) in [5.74, 6) is 0. The van der Waals surface area contributed by atoms with Gasteiger partial charge in [-0.05, 0) is 23.6 Å². The van der Waals surface area contributed by atoms with Crippen LogP contribution in [0, 0.1) is 10.1 Å². The van der Waals surface area contributed by atoms with Crippen molar-refractivity contribution < 1.29 is 4.92 Å². The molecular weight excluding hydrogens is 310 g/mol. The van der Waals surface area contributed by atoms with Crippen LogP contribution in [0.25, 0.3) is 0 Å². The van der Waals surface area contributed by atoms with E-state index in [2.05, 4.69) is 33.5 Å². The SMILES string of the molecule is O=[N+]([O-])c1ccccc1SN1CCN(Cc2ccccc2)CC1. The zero-order valence-electron chi connectivity index (χ0n) is 12.8. The predicted molar refractivity (Wildman–Crippen MR) is 92.2 cm³/mol. The summed E-state index contributed by atoms with van der Waals surface area (Å²) in [5.41, 5.74) is 1.51. The average molecular weight is 329 g/mol. The van der Waals surface area contributed by atoms with Crippen molar-refractivity contribution in [2.24, 2.45) is 0 Å². The van der Waals surface area contributed by atoms with Crippen molar-refractivity contribution in [2.75, 3.05) is 26.2 Å². The normalized spacial score (nSPS) is 16.3. The van der Waals surface area contributed by atoms with Gasteiger partial charge < -0.3 is 0 Å². The third-order valence-corrected chi connectivity index (χ3v) is 5.03. The van der Waals surface area contributed by atoms with Crippen molar-refractivity contribution in [1.29, 1.82) is 0 Å². The second kappa shape index (κ2) is 7.59. The van der Waals surface area contributed by atoms with Gasteiger partial charge in [0.25, 0.3) is 5.69 Å². The maximum absolute atomic E-state index is 11.1. The second-order valence-corrected chi connectivity index (χ2v) is 6.65. The standard InChI is InChI=1S/C17H19N3O2S/c21-20(22)16-8-4-5-9-17(16)23-19-12-10-18(11-13-19)14-15-6-2-1-3-7-15/h1-9H,10-14H2. The van der Waals surface area contributed by atoms with Gasteiger partial charge in [-0.2, -0.15) is 0 Å². The first-order valence-electron chi connectivity index (χ1n) is 7.65. The maximum atomic E-state index is 11.1. The summed E-state index contributed by atoms with van der Waals surface area (Å²) in [7, 11) is 0.